The summed E-state index contributed by atoms with van der Waals surface area (Å²) in [6, 6.07) is -2.67. The molecule has 1 saturated heterocycles. The van der Waals surface area contributed by atoms with Gasteiger partial charge in [-0.1, -0.05) is 40.5 Å². The minimum absolute atomic E-state index is 0.0782. The second kappa shape index (κ2) is 10.0. The third-order valence-corrected chi connectivity index (χ3v) is 7.65. The summed E-state index contributed by atoms with van der Waals surface area (Å²) in [6.45, 7) is 13.4. The quantitative estimate of drug-likeness (QED) is 0.361. The maximum atomic E-state index is 13.7. The molecule has 1 aliphatic heterocycles. The highest BCUT2D eigenvalue weighted by Crippen LogP contribution is 2.65. The zero-order valence-electron chi connectivity index (χ0n) is 22.7. The lowest BCUT2D eigenvalue weighted by Crippen LogP contribution is -2.59. The van der Waals surface area contributed by atoms with Crippen LogP contribution < -0.4 is 10.6 Å². The Morgan fingerprint density at radius 1 is 1.06 bits per heavy atom. The van der Waals surface area contributed by atoms with Crippen LogP contribution in [0.1, 0.15) is 67.7 Å². The number of hydrogen-bond acceptors (Lipinski definition) is 7. The lowest BCUT2D eigenvalue weighted by atomic mass is 9.96. The van der Waals surface area contributed by atoms with Crippen molar-refractivity contribution in [1.82, 2.24) is 15.5 Å². The number of nitrogens with zero attached hydrogens (tertiary/aromatic N) is 1. The maximum absolute atomic E-state index is 13.7. The SMILES string of the molecule is COC(=O)C(=O)C(CC1CC1)NC(=O)[C@@H]1[C@@H]2C(CN1C(=O)[C@@H](NC(=O)OC(C)(C)C)C(C)C)C2(C)C. The number of fused-ring (bicyclic) bond motifs is 1. The Bertz CT molecular complexity index is 919. The first-order valence-electron chi connectivity index (χ1n) is 12.8. The number of carbonyl (C=O) groups excluding carboxylic acids is 5. The van der Waals surface area contributed by atoms with Crippen LogP contribution in [0.3, 0.4) is 0 Å². The molecular weight excluding hydrogens is 466 g/mol. The van der Waals surface area contributed by atoms with Gasteiger partial charge >= 0.3 is 12.1 Å². The van der Waals surface area contributed by atoms with Gasteiger partial charge in [0.1, 0.15) is 17.7 Å². The summed E-state index contributed by atoms with van der Waals surface area (Å²) in [5, 5.41) is 5.45. The van der Waals surface area contributed by atoms with Crippen LogP contribution in [0.2, 0.25) is 0 Å². The number of nitrogens with one attached hydrogen (secondary N) is 2. The molecule has 1 heterocycles. The molecule has 202 valence electrons. The molecule has 0 aromatic carbocycles. The number of methoxy groups -OCH3 is 1. The predicted molar refractivity (Wildman–Crippen MR) is 131 cm³/mol. The number of hydrogen-bond donors (Lipinski definition) is 2. The number of carbonyl (C=O) groups is 5. The number of esters is 1. The minimum Gasteiger partial charge on any atom is -0.463 e. The molecule has 0 aromatic heterocycles. The lowest BCUT2D eigenvalue weighted by molar-refractivity contribution is -0.153. The molecule has 10 heteroatoms. The molecule has 0 spiro atoms. The number of Topliss-reactive ketones (excluding diaryl/α,β-unsaturated/α-hetero) is 1. The number of alkyl carbamates (subject to hydrolysis) is 1. The van der Waals surface area contributed by atoms with Gasteiger partial charge in [0.05, 0.1) is 13.2 Å². The number of likely N-dealkylation sites (tertiary alicyclic amines) is 1. The molecule has 5 atom stereocenters. The van der Waals surface area contributed by atoms with Crippen molar-refractivity contribution in [2.45, 2.75) is 91.5 Å². The number of amides is 3. The monoisotopic (exact) mass is 507 g/mol. The largest absolute Gasteiger partial charge is 0.463 e. The van der Waals surface area contributed by atoms with Crippen molar-refractivity contribution in [3.8, 4) is 0 Å². The van der Waals surface area contributed by atoms with E-state index in [1.807, 2.05) is 13.8 Å². The second-order valence-electron chi connectivity index (χ2n) is 12.4. The van der Waals surface area contributed by atoms with E-state index in [2.05, 4.69) is 29.2 Å². The zero-order valence-corrected chi connectivity index (χ0v) is 22.7. The Morgan fingerprint density at radius 2 is 1.67 bits per heavy atom. The Balaban J connectivity index is 1.80. The third kappa shape index (κ3) is 6.00. The summed E-state index contributed by atoms with van der Waals surface area (Å²) in [4.78, 5) is 65.8. The first kappa shape index (κ1) is 27.9. The van der Waals surface area contributed by atoms with E-state index >= 15 is 0 Å². The summed E-state index contributed by atoms with van der Waals surface area (Å²) in [5.74, 6) is -2.52. The average Bonchev–Trinajstić information content (AvgIpc) is 3.61. The van der Waals surface area contributed by atoms with Gasteiger partial charge in [0.15, 0.2) is 0 Å². The van der Waals surface area contributed by atoms with Crippen molar-refractivity contribution in [3.63, 3.8) is 0 Å². The van der Waals surface area contributed by atoms with E-state index in [4.69, 9.17) is 4.74 Å². The van der Waals surface area contributed by atoms with Gasteiger partial charge in [-0.15, -0.1) is 0 Å². The molecule has 3 fully saturated rings. The van der Waals surface area contributed by atoms with Gasteiger partial charge in [0.25, 0.3) is 5.78 Å². The molecular formula is C26H41N3O7. The first-order chi connectivity index (χ1) is 16.6. The van der Waals surface area contributed by atoms with Crippen molar-refractivity contribution in [1.29, 1.82) is 0 Å². The average molecular weight is 508 g/mol. The van der Waals surface area contributed by atoms with E-state index < -0.39 is 47.5 Å². The Kier molecular flexibility index (Phi) is 7.77. The summed E-state index contributed by atoms with van der Waals surface area (Å²) >= 11 is 0. The molecule has 2 unspecified atom stereocenters. The van der Waals surface area contributed by atoms with E-state index in [9.17, 15) is 24.0 Å². The van der Waals surface area contributed by atoms with Crippen LogP contribution in [0.4, 0.5) is 4.79 Å². The van der Waals surface area contributed by atoms with Crippen LogP contribution in [-0.2, 0) is 28.7 Å². The van der Waals surface area contributed by atoms with Crippen LogP contribution in [0, 0.1) is 29.1 Å². The van der Waals surface area contributed by atoms with Crippen molar-refractivity contribution in [2.75, 3.05) is 13.7 Å². The van der Waals surface area contributed by atoms with E-state index in [1.54, 1.807) is 20.8 Å². The fourth-order valence-corrected chi connectivity index (χ4v) is 5.36. The predicted octanol–water partition coefficient (Wildman–Crippen LogP) is 2.05. The van der Waals surface area contributed by atoms with Crippen molar-refractivity contribution >= 4 is 29.7 Å². The highest BCUT2D eigenvalue weighted by molar-refractivity contribution is 6.36. The van der Waals surface area contributed by atoms with Crippen LogP contribution in [0.15, 0.2) is 0 Å². The molecule has 3 rings (SSSR count). The number of rotatable bonds is 9. The fraction of sp³-hybridized carbons (Fsp3) is 0.808. The van der Waals surface area contributed by atoms with E-state index in [0.29, 0.717) is 13.0 Å². The van der Waals surface area contributed by atoms with Gasteiger partial charge in [0, 0.05) is 6.54 Å². The molecule has 3 aliphatic rings. The minimum atomic E-state index is -0.994. The summed E-state index contributed by atoms with van der Waals surface area (Å²) in [7, 11) is 1.13. The molecule has 10 nitrogen and oxygen atoms in total. The molecule has 36 heavy (non-hydrogen) atoms. The number of piperidine rings is 1. The highest BCUT2D eigenvalue weighted by atomic mass is 16.6. The topological polar surface area (TPSA) is 131 Å². The van der Waals surface area contributed by atoms with Crippen LogP contribution >= 0.6 is 0 Å². The van der Waals surface area contributed by atoms with E-state index in [-0.39, 0.29) is 35.0 Å². The normalized spacial score (nSPS) is 25.9. The molecule has 0 aromatic rings. The van der Waals surface area contributed by atoms with Gasteiger partial charge < -0.3 is 25.0 Å². The van der Waals surface area contributed by atoms with Crippen molar-refractivity contribution in [3.05, 3.63) is 0 Å². The standard InChI is InChI=1S/C26H41N3O7/c1-13(2)18(28-24(34)36-25(3,4)5)22(32)29-12-15-17(26(15,6)7)19(29)21(31)27-16(11-14-9-10-14)20(30)23(33)35-8/h13-19H,9-12H2,1-8H3,(H,27,31)(H,28,34)/t15?,16?,17-,18-,19-/m0/s1. The molecule has 0 radical (unpaired) electrons. The van der Waals surface area contributed by atoms with Crippen LogP contribution in [-0.4, -0.2) is 71.9 Å². The number of ketones is 1. The van der Waals surface area contributed by atoms with Crippen molar-refractivity contribution in [2.24, 2.45) is 29.1 Å². The second-order valence-corrected chi connectivity index (χ2v) is 12.4. The van der Waals surface area contributed by atoms with Gasteiger partial charge in [-0.25, -0.2) is 9.59 Å². The lowest BCUT2D eigenvalue weighted by Gasteiger charge is -2.35. The molecule has 2 N–H and O–H groups in total. The van der Waals surface area contributed by atoms with E-state index in [1.165, 1.54) is 4.90 Å². The van der Waals surface area contributed by atoms with Gasteiger partial charge in [-0.05, 0) is 56.3 Å². The molecule has 0 bridgehead atoms. The summed E-state index contributed by atoms with van der Waals surface area (Å²) < 4.78 is 9.94. The van der Waals surface area contributed by atoms with Crippen LogP contribution in [0.25, 0.3) is 0 Å². The molecule has 2 saturated carbocycles. The Labute approximate surface area is 213 Å². The van der Waals surface area contributed by atoms with Crippen molar-refractivity contribution < 1.29 is 33.4 Å². The molecule has 2 aliphatic carbocycles. The first-order valence-corrected chi connectivity index (χ1v) is 12.8. The van der Waals surface area contributed by atoms with E-state index in [0.717, 1.165) is 20.0 Å². The highest BCUT2D eigenvalue weighted by Gasteiger charge is 2.69. The smallest absolute Gasteiger partial charge is 0.408 e. The maximum Gasteiger partial charge on any atom is 0.408 e. The van der Waals surface area contributed by atoms with Gasteiger partial charge in [-0.3, -0.25) is 14.4 Å². The summed E-state index contributed by atoms with van der Waals surface area (Å²) in [6.07, 6.45) is 1.55. The Morgan fingerprint density at radius 3 is 2.17 bits per heavy atom. The van der Waals surface area contributed by atoms with Gasteiger partial charge in [-0.2, -0.15) is 0 Å². The Hall–Kier alpha value is -2.65. The molecule has 3 amide bonds. The van der Waals surface area contributed by atoms with Gasteiger partial charge in [0.2, 0.25) is 11.8 Å². The fourth-order valence-electron chi connectivity index (χ4n) is 5.36. The third-order valence-electron chi connectivity index (χ3n) is 7.65. The summed E-state index contributed by atoms with van der Waals surface area (Å²) in [5.41, 5.74) is -0.859. The zero-order chi connectivity index (χ0) is 27.2. The van der Waals surface area contributed by atoms with Crippen LogP contribution in [0.5, 0.6) is 0 Å². The number of ether oxygens (including phenoxy) is 2.